The average molecular weight is 562 g/mol. The Morgan fingerprint density at radius 1 is 1.12 bits per heavy atom. The van der Waals surface area contributed by atoms with Gasteiger partial charge in [0.2, 0.25) is 0 Å². The van der Waals surface area contributed by atoms with Crippen molar-refractivity contribution in [2.24, 2.45) is 5.92 Å². The molecule has 1 heterocycles. The van der Waals surface area contributed by atoms with E-state index in [9.17, 15) is 9.59 Å². The predicted molar refractivity (Wildman–Crippen MR) is 162 cm³/mol. The van der Waals surface area contributed by atoms with E-state index in [0.717, 1.165) is 48.6 Å². The predicted octanol–water partition coefficient (Wildman–Crippen LogP) is 8.64. The maximum absolute atomic E-state index is 13.7. The van der Waals surface area contributed by atoms with E-state index in [4.69, 9.17) is 21.1 Å². The van der Waals surface area contributed by atoms with Gasteiger partial charge in [-0.15, -0.1) is 0 Å². The van der Waals surface area contributed by atoms with Crippen molar-refractivity contribution in [3.63, 3.8) is 0 Å². The van der Waals surface area contributed by atoms with Crippen molar-refractivity contribution in [3.05, 3.63) is 87.6 Å². The van der Waals surface area contributed by atoms with Gasteiger partial charge in [0.25, 0.3) is 5.91 Å². The van der Waals surface area contributed by atoms with Gasteiger partial charge in [-0.1, -0.05) is 34.9 Å². The summed E-state index contributed by atoms with van der Waals surface area (Å²) in [6.07, 6.45) is 9.13. The largest absolute Gasteiger partial charge is 0.497 e. The second-order valence-corrected chi connectivity index (χ2v) is 11.8. The minimum Gasteiger partial charge on any atom is -0.497 e. The maximum atomic E-state index is 13.7. The summed E-state index contributed by atoms with van der Waals surface area (Å²) in [4.78, 5) is 27.3. The van der Waals surface area contributed by atoms with Crippen molar-refractivity contribution < 1.29 is 19.1 Å². The summed E-state index contributed by atoms with van der Waals surface area (Å²) in [5.41, 5.74) is 4.80. The Labute approximate surface area is 242 Å². The van der Waals surface area contributed by atoms with E-state index in [2.05, 4.69) is 39.8 Å². The fourth-order valence-electron chi connectivity index (χ4n) is 5.74. The zero-order valence-electron chi connectivity index (χ0n) is 24.5. The number of carbonyl (C=O) groups excluding carboxylic acids is 2. The molecule has 0 bridgehead atoms. The van der Waals surface area contributed by atoms with Crippen LogP contribution in [-0.4, -0.2) is 29.2 Å². The lowest BCUT2D eigenvalue weighted by atomic mass is 9.76. The first-order chi connectivity index (χ1) is 19.0. The van der Waals surface area contributed by atoms with Crippen LogP contribution in [0.25, 0.3) is 10.9 Å². The number of hydrogen-bond acceptors (Lipinski definition) is 4. The molecule has 3 aromatic rings. The number of rotatable bonds is 9. The van der Waals surface area contributed by atoms with E-state index < -0.39 is 5.60 Å². The first-order valence-electron chi connectivity index (χ1n) is 14.0. The Balaban J connectivity index is 1.68. The van der Waals surface area contributed by atoms with Gasteiger partial charge in [0.05, 0.1) is 19.0 Å². The highest BCUT2D eigenvalue weighted by Gasteiger charge is 2.38. The van der Waals surface area contributed by atoms with Crippen LogP contribution in [0.5, 0.6) is 5.75 Å². The second kappa shape index (κ2) is 12.5. The van der Waals surface area contributed by atoms with Gasteiger partial charge in [-0.3, -0.25) is 14.2 Å². The van der Waals surface area contributed by atoms with Crippen molar-refractivity contribution in [2.75, 3.05) is 7.11 Å². The number of halogens is 1. The van der Waals surface area contributed by atoms with Crippen molar-refractivity contribution in [1.82, 2.24) is 4.57 Å². The Kier molecular flexibility index (Phi) is 9.25. The lowest BCUT2D eigenvalue weighted by Crippen LogP contribution is -2.41. The molecule has 0 saturated carbocycles. The normalized spacial score (nSPS) is 16.7. The second-order valence-electron chi connectivity index (χ2n) is 11.4. The number of nitrogens with zero attached hydrogens (tertiary/aromatic N) is 1. The molecule has 6 heteroatoms. The van der Waals surface area contributed by atoms with Crippen LogP contribution in [0.2, 0.25) is 5.02 Å². The summed E-state index contributed by atoms with van der Waals surface area (Å²) in [6, 6.07) is 12.4. The summed E-state index contributed by atoms with van der Waals surface area (Å²) in [6.45, 7) is 10.3. The van der Waals surface area contributed by atoms with Crippen molar-refractivity contribution in [1.29, 1.82) is 0 Å². The third kappa shape index (κ3) is 6.52. The number of hydrogen-bond donors (Lipinski definition) is 0. The summed E-state index contributed by atoms with van der Waals surface area (Å²) in [7, 11) is 1.61. The Bertz CT molecular complexity index is 1460. The number of allylic oxidation sites excluding steroid dienone is 4. The van der Waals surface area contributed by atoms with Crippen LogP contribution in [0.3, 0.4) is 0 Å². The quantitative estimate of drug-likeness (QED) is 0.194. The molecule has 0 fully saturated rings. The van der Waals surface area contributed by atoms with Gasteiger partial charge in [-0.05, 0) is 115 Å². The van der Waals surface area contributed by atoms with E-state index in [-0.39, 0.29) is 24.2 Å². The number of ether oxygens (including phenoxy) is 2. The zero-order chi connectivity index (χ0) is 29.0. The van der Waals surface area contributed by atoms with Gasteiger partial charge in [0, 0.05) is 27.6 Å². The van der Waals surface area contributed by atoms with Gasteiger partial charge in [0.15, 0.2) is 0 Å². The average Bonchev–Trinajstić information content (AvgIpc) is 3.18. The van der Waals surface area contributed by atoms with Crippen molar-refractivity contribution in [3.8, 4) is 5.75 Å². The topological polar surface area (TPSA) is 57.5 Å². The van der Waals surface area contributed by atoms with Gasteiger partial charge in [-0.25, -0.2) is 0 Å². The maximum Gasteiger partial charge on any atom is 0.310 e. The van der Waals surface area contributed by atoms with E-state index in [1.807, 2.05) is 25.1 Å². The van der Waals surface area contributed by atoms with E-state index in [0.29, 0.717) is 22.0 Å². The Hall–Kier alpha value is -3.31. The molecule has 5 nitrogen and oxygen atoms in total. The number of fused-ring (bicyclic) bond motifs is 1. The lowest BCUT2D eigenvalue weighted by molar-refractivity contribution is -0.164. The van der Waals surface area contributed by atoms with Crippen LogP contribution >= 0.6 is 11.6 Å². The third-order valence-corrected chi connectivity index (χ3v) is 8.45. The summed E-state index contributed by atoms with van der Waals surface area (Å²) >= 11 is 6.06. The van der Waals surface area contributed by atoms with Crippen molar-refractivity contribution in [2.45, 2.75) is 78.7 Å². The molecule has 0 aliphatic heterocycles. The third-order valence-electron chi connectivity index (χ3n) is 8.20. The van der Waals surface area contributed by atoms with Crippen LogP contribution in [0, 0.1) is 12.8 Å². The van der Waals surface area contributed by atoms with Gasteiger partial charge >= 0.3 is 5.97 Å². The molecule has 0 N–H and O–H groups in total. The number of benzene rings is 2. The zero-order valence-corrected chi connectivity index (χ0v) is 25.2. The molecule has 4 rings (SSSR count). The molecule has 40 heavy (non-hydrogen) atoms. The van der Waals surface area contributed by atoms with Crippen LogP contribution in [0.15, 0.2) is 65.8 Å². The molecule has 0 radical (unpaired) electrons. The number of aromatic nitrogens is 1. The first kappa shape index (κ1) is 29.7. The molecule has 0 spiro atoms. The highest BCUT2D eigenvalue weighted by atomic mass is 35.5. The SMILES string of the molecule is COc1ccc2c(c1)c(CC(=O)OC(C)(CCC=C(C)C)C1CC=C(C)CC1)c(C)n2C(=O)c1ccc(Cl)cc1. The van der Waals surface area contributed by atoms with E-state index in [1.165, 1.54) is 11.1 Å². The summed E-state index contributed by atoms with van der Waals surface area (Å²) in [5, 5.41) is 1.37. The highest BCUT2D eigenvalue weighted by Crippen LogP contribution is 2.38. The molecule has 2 unspecified atom stereocenters. The van der Waals surface area contributed by atoms with Gasteiger partial charge < -0.3 is 9.47 Å². The minimum absolute atomic E-state index is 0.0657. The molecule has 212 valence electrons. The molecule has 1 aromatic heterocycles. The smallest absolute Gasteiger partial charge is 0.310 e. The molecule has 0 saturated heterocycles. The number of esters is 1. The molecule has 2 aromatic carbocycles. The molecular weight excluding hydrogens is 522 g/mol. The van der Waals surface area contributed by atoms with Crippen LogP contribution in [-0.2, 0) is 16.0 Å². The van der Waals surface area contributed by atoms with Crippen molar-refractivity contribution >= 4 is 34.4 Å². The van der Waals surface area contributed by atoms with Gasteiger partial charge in [-0.2, -0.15) is 0 Å². The number of methoxy groups -OCH3 is 1. The molecule has 0 amide bonds. The Morgan fingerprint density at radius 2 is 1.85 bits per heavy atom. The molecule has 1 aliphatic carbocycles. The fourth-order valence-corrected chi connectivity index (χ4v) is 5.87. The standard InChI is InChI=1S/C34H40ClNO4/c1-22(2)8-7-19-34(5,26-13-9-23(3)10-14-26)40-32(37)21-29-24(4)36(31-18-17-28(39-6)20-30(29)31)33(38)25-11-15-27(35)16-12-25/h8-9,11-12,15-18,20,26H,7,10,13-14,19,21H2,1-6H3. The Morgan fingerprint density at radius 3 is 2.48 bits per heavy atom. The molecule has 1 aliphatic rings. The number of carbonyl (C=O) groups is 2. The first-order valence-corrected chi connectivity index (χ1v) is 14.4. The monoisotopic (exact) mass is 561 g/mol. The van der Waals surface area contributed by atoms with E-state index in [1.54, 1.807) is 35.9 Å². The van der Waals surface area contributed by atoms with Crippen LogP contribution in [0.4, 0.5) is 0 Å². The van der Waals surface area contributed by atoms with Crippen LogP contribution in [0.1, 0.15) is 81.4 Å². The van der Waals surface area contributed by atoms with E-state index >= 15 is 0 Å². The summed E-state index contributed by atoms with van der Waals surface area (Å²) < 4.78 is 13.5. The highest BCUT2D eigenvalue weighted by molar-refractivity contribution is 6.30. The molecular formula is C34H40ClNO4. The molecule has 2 atom stereocenters. The summed E-state index contributed by atoms with van der Waals surface area (Å²) in [5.74, 6) is 0.462. The minimum atomic E-state index is -0.580. The van der Waals surface area contributed by atoms with Gasteiger partial charge in [0.1, 0.15) is 11.4 Å². The van der Waals surface area contributed by atoms with Crippen LogP contribution < -0.4 is 4.74 Å². The lowest BCUT2D eigenvalue weighted by Gasteiger charge is -2.39. The fraction of sp³-hybridized carbons (Fsp3) is 0.412.